The first kappa shape index (κ1) is 10.9. The minimum Gasteiger partial charge on any atom is -0.466 e. The summed E-state index contributed by atoms with van der Waals surface area (Å²) in [5, 5.41) is 7.98. The lowest BCUT2D eigenvalue weighted by Gasteiger charge is -2.02. The molecule has 14 heavy (non-hydrogen) atoms. The number of carbonyl (C=O) groups excluding carboxylic acids is 1. The van der Waals surface area contributed by atoms with Gasteiger partial charge in [-0.05, 0) is 32.1 Å². The van der Waals surface area contributed by atoms with E-state index in [1.807, 2.05) is 13.8 Å². The third-order valence-electron chi connectivity index (χ3n) is 1.19. The highest BCUT2D eigenvalue weighted by Gasteiger charge is 2.14. The average Bonchev–Trinajstić information content (AvgIpc) is 2.52. The maximum Gasteiger partial charge on any atom is 0.369 e. The summed E-state index contributed by atoms with van der Waals surface area (Å²) in [4.78, 5) is 11.2. The lowest BCUT2D eigenvalue weighted by atomic mass is 10.5. The number of aromatic nitrogens is 2. The zero-order valence-corrected chi connectivity index (χ0v) is 9.13. The molecule has 0 spiro atoms. The van der Waals surface area contributed by atoms with Gasteiger partial charge in [-0.3, -0.25) is 0 Å². The maximum absolute atomic E-state index is 11.2. The van der Waals surface area contributed by atoms with Gasteiger partial charge in [0.1, 0.15) is 0 Å². The monoisotopic (exact) mass is 216 g/mol. The van der Waals surface area contributed by atoms with Gasteiger partial charge in [-0.25, -0.2) is 4.79 Å². The first-order chi connectivity index (χ1) is 6.63. The van der Waals surface area contributed by atoms with E-state index in [0.717, 1.165) is 11.3 Å². The van der Waals surface area contributed by atoms with E-state index in [0.29, 0.717) is 11.8 Å². The van der Waals surface area contributed by atoms with Crippen LogP contribution in [-0.4, -0.2) is 28.9 Å². The molecule has 1 rings (SSSR count). The van der Waals surface area contributed by atoms with Crippen molar-refractivity contribution in [1.82, 2.24) is 10.2 Å². The predicted molar refractivity (Wildman–Crippen MR) is 51.6 cm³/mol. The molecule has 6 heteroatoms. The third kappa shape index (κ3) is 2.95. The first-order valence-electron chi connectivity index (χ1n) is 4.30. The molecule has 0 aliphatic heterocycles. The van der Waals surface area contributed by atoms with Crippen molar-refractivity contribution in [3.63, 3.8) is 0 Å². The molecule has 78 valence electrons. The number of hydrogen-bond acceptors (Lipinski definition) is 6. The fraction of sp³-hybridized carbons (Fsp3) is 0.625. The van der Waals surface area contributed by atoms with E-state index >= 15 is 0 Å². The normalized spacial score (nSPS) is 10.3. The van der Waals surface area contributed by atoms with Gasteiger partial charge in [-0.1, -0.05) is 5.10 Å². The Bertz CT molecular complexity index is 311. The molecule has 0 N–H and O–H groups in total. The summed E-state index contributed by atoms with van der Waals surface area (Å²) in [5.74, 6) is -0.455. The Kier molecular flexibility index (Phi) is 3.82. The molecular formula is C8H12N2O3S. The van der Waals surface area contributed by atoms with E-state index in [2.05, 4.69) is 10.2 Å². The summed E-state index contributed by atoms with van der Waals surface area (Å²) >= 11 is 1.09. The van der Waals surface area contributed by atoms with Crippen LogP contribution in [0.4, 0.5) is 0 Å². The van der Waals surface area contributed by atoms with Gasteiger partial charge in [0.2, 0.25) is 5.01 Å². The second kappa shape index (κ2) is 4.90. The molecule has 0 saturated heterocycles. The predicted octanol–water partition coefficient (Wildman–Crippen LogP) is 1.50. The Morgan fingerprint density at radius 2 is 2.21 bits per heavy atom. The van der Waals surface area contributed by atoms with E-state index in [9.17, 15) is 4.79 Å². The van der Waals surface area contributed by atoms with Gasteiger partial charge in [-0.2, -0.15) is 0 Å². The average molecular weight is 216 g/mol. The Labute approximate surface area is 86.1 Å². The fourth-order valence-corrected chi connectivity index (χ4v) is 1.45. The summed E-state index contributed by atoms with van der Waals surface area (Å²) in [6.45, 7) is 5.83. The van der Waals surface area contributed by atoms with Crippen molar-refractivity contribution >= 4 is 17.3 Å². The number of carbonyl (C=O) groups is 1. The van der Waals surface area contributed by atoms with Crippen LogP contribution in [-0.2, 0) is 4.74 Å². The quantitative estimate of drug-likeness (QED) is 0.714. The smallest absolute Gasteiger partial charge is 0.369 e. The molecule has 0 aromatic carbocycles. The molecule has 1 aromatic heterocycles. The molecule has 0 unspecified atom stereocenters. The van der Waals surface area contributed by atoms with Gasteiger partial charge in [0.05, 0.1) is 12.7 Å². The van der Waals surface area contributed by atoms with Crippen molar-refractivity contribution < 1.29 is 14.3 Å². The fourth-order valence-electron chi connectivity index (χ4n) is 0.734. The zero-order valence-electron chi connectivity index (χ0n) is 8.31. The number of rotatable bonds is 4. The van der Waals surface area contributed by atoms with Crippen molar-refractivity contribution in [2.45, 2.75) is 26.9 Å². The van der Waals surface area contributed by atoms with Crippen molar-refractivity contribution in [1.29, 1.82) is 0 Å². The summed E-state index contributed by atoms with van der Waals surface area (Å²) in [6.07, 6.45) is 0.0259. The molecule has 0 amide bonds. The van der Waals surface area contributed by atoms with Crippen molar-refractivity contribution in [3.8, 4) is 5.19 Å². The van der Waals surface area contributed by atoms with E-state index in [1.165, 1.54) is 0 Å². The van der Waals surface area contributed by atoms with Gasteiger partial charge in [-0.15, -0.1) is 5.10 Å². The Hall–Kier alpha value is -1.17. The molecule has 1 aromatic rings. The van der Waals surface area contributed by atoms with Crippen LogP contribution in [0.1, 0.15) is 30.6 Å². The summed E-state index contributed by atoms with van der Waals surface area (Å²) in [6, 6.07) is 0. The summed E-state index contributed by atoms with van der Waals surface area (Å²) in [5.41, 5.74) is 0. The molecule has 1 heterocycles. The largest absolute Gasteiger partial charge is 0.466 e. The Balaban J connectivity index is 2.63. The maximum atomic E-state index is 11.2. The number of nitrogens with zero attached hydrogens (tertiary/aromatic N) is 2. The van der Waals surface area contributed by atoms with Crippen LogP contribution >= 0.6 is 11.3 Å². The van der Waals surface area contributed by atoms with Crippen LogP contribution in [0.25, 0.3) is 0 Å². The molecule has 0 aliphatic carbocycles. The van der Waals surface area contributed by atoms with Crippen LogP contribution in [0.5, 0.6) is 5.19 Å². The topological polar surface area (TPSA) is 61.3 Å². The summed E-state index contributed by atoms with van der Waals surface area (Å²) < 4.78 is 10.0. The molecule has 0 saturated carbocycles. The number of hydrogen-bond donors (Lipinski definition) is 0. The molecule has 0 atom stereocenters. The first-order valence-corrected chi connectivity index (χ1v) is 5.12. The van der Waals surface area contributed by atoms with Gasteiger partial charge in [0, 0.05) is 0 Å². The van der Waals surface area contributed by atoms with E-state index in [-0.39, 0.29) is 11.1 Å². The summed E-state index contributed by atoms with van der Waals surface area (Å²) in [7, 11) is 0. The minimum absolute atomic E-state index is 0.0259. The van der Waals surface area contributed by atoms with Gasteiger partial charge < -0.3 is 9.47 Å². The number of ether oxygens (including phenoxy) is 2. The third-order valence-corrected chi connectivity index (χ3v) is 1.99. The molecule has 5 nitrogen and oxygen atoms in total. The van der Waals surface area contributed by atoms with Crippen molar-refractivity contribution in [3.05, 3.63) is 5.01 Å². The highest BCUT2D eigenvalue weighted by Crippen LogP contribution is 2.19. The van der Waals surface area contributed by atoms with Crippen LogP contribution in [0, 0.1) is 0 Å². The van der Waals surface area contributed by atoms with Crippen molar-refractivity contribution in [2.24, 2.45) is 0 Å². The standard InChI is InChI=1S/C8H12N2O3S/c1-4-12-7(11)6-9-10-8(14-6)13-5(2)3/h5H,4H2,1-3H3. The second-order valence-corrected chi connectivity index (χ2v) is 3.70. The van der Waals surface area contributed by atoms with E-state index in [4.69, 9.17) is 9.47 Å². The number of esters is 1. The van der Waals surface area contributed by atoms with Crippen molar-refractivity contribution in [2.75, 3.05) is 6.61 Å². The van der Waals surface area contributed by atoms with Gasteiger partial charge in [0.25, 0.3) is 5.19 Å². The lowest BCUT2D eigenvalue weighted by Crippen LogP contribution is -2.04. The molecule has 0 fully saturated rings. The van der Waals surface area contributed by atoms with E-state index in [1.54, 1.807) is 6.92 Å². The highest BCUT2D eigenvalue weighted by molar-refractivity contribution is 7.14. The van der Waals surface area contributed by atoms with Crippen LogP contribution in [0.15, 0.2) is 0 Å². The molecule has 0 bridgehead atoms. The van der Waals surface area contributed by atoms with Gasteiger partial charge in [0.15, 0.2) is 0 Å². The zero-order chi connectivity index (χ0) is 10.6. The molecular weight excluding hydrogens is 204 g/mol. The second-order valence-electron chi connectivity index (χ2n) is 2.76. The Morgan fingerprint density at radius 3 is 2.79 bits per heavy atom. The van der Waals surface area contributed by atoms with Crippen LogP contribution < -0.4 is 4.74 Å². The van der Waals surface area contributed by atoms with E-state index < -0.39 is 5.97 Å². The van der Waals surface area contributed by atoms with Crippen LogP contribution in [0.3, 0.4) is 0 Å². The highest BCUT2D eigenvalue weighted by atomic mass is 32.1. The van der Waals surface area contributed by atoms with Crippen LogP contribution in [0.2, 0.25) is 0 Å². The lowest BCUT2D eigenvalue weighted by molar-refractivity contribution is 0.0525. The SMILES string of the molecule is CCOC(=O)c1nnc(OC(C)C)s1. The van der Waals surface area contributed by atoms with Gasteiger partial charge >= 0.3 is 5.97 Å². The Morgan fingerprint density at radius 1 is 1.50 bits per heavy atom. The molecule has 0 aliphatic rings. The minimum atomic E-state index is -0.455. The molecule has 0 radical (unpaired) electrons.